The van der Waals surface area contributed by atoms with Gasteiger partial charge < -0.3 is 9.83 Å². The second kappa shape index (κ2) is 3.59. The maximum atomic E-state index is 11.3. The number of rotatable bonds is 0. The van der Waals surface area contributed by atoms with E-state index in [1.807, 2.05) is 0 Å². The van der Waals surface area contributed by atoms with Gasteiger partial charge in [0, 0.05) is 5.72 Å². The Balaban J connectivity index is 0.000000980. The number of hydrogen-bond acceptors (Lipinski definition) is 3. The van der Waals surface area contributed by atoms with Crippen molar-refractivity contribution in [1.29, 1.82) is 0 Å². The van der Waals surface area contributed by atoms with Gasteiger partial charge in [0.1, 0.15) is 10.0 Å². The van der Waals surface area contributed by atoms with E-state index in [4.69, 9.17) is 0 Å². The Morgan fingerprint density at radius 3 is 2.50 bits per heavy atom. The van der Waals surface area contributed by atoms with Crippen molar-refractivity contribution in [1.82, 2.24) is 0 Å². The molecule has 1 N–H and O–H groups in total. The van der Waals surface area contributed by atoms with Gasteiger partial charge in [-0.05, 0) is 11.6 Å². The van der Waals surface area contributed by atoms with Crippen LogP contribution < -0.4 is 29.6 Å². The Morgan fingerprint density at radius 1 is 1.36 bits per heavy atom. The third-order valence-corrected chi connectivity index (χ3v) is 3.48. The van der Waals surface area contributed by atoms with Crippen molar-refractivity contribution in [2.45, 2.75) is 17.5 Å². The maximum absolute atomic E-state index is 11.3. The Bertz CT molecular complexity index is 455. The zero-order chi connectivity index (χ0) is 9.69. The van der Waals surface area contributed by atoms with Gasteiger partial charge in [-0.1, -0.05) is 25.1 Å². The van der Waals surface area contributed by atoms with Crippen LogP contribution in [0.4, 0.5) is 0 Å². The van der Waals surface area contributed by atoms with Crippen LogP contribution in [0, 0.1) is 0 Å². The van der Waals surface area contributed by atoms with Gasteiger partial charge >= 0.3 is 29.6 Å². The Labute approximate surface area is 105 Å². The quantitative estimate of drug-likeness (QED) is 0.512. The van der Waals surface area contributed by atoms with Crippen LogP contribution in [-0.4, -0.2) is 13.5 Å². The normalized spacial score (nSPS) is 27.9. The predicted molar refractivity (Wildman–Crippen MR) is 46.6 cm³/mol. The van der Waals surface area contributed by atoms with Crippen LogP contribution >= 0.6 is 0 Å². The number of sulfonamides is 1. The number of benzene rings is 1. The standard InChI is InChI=1S/C8H8NO3S.Na/c1-8(10)6-4-2-3-5-7(6)13(11,12)9-8;/h2-5,10H,1H3;/q-1;+1. The topological polar surface area (TPSA) is 68.5 Å². The maximum Gasteiger partial charge on any atom is 1.00 e. The molecule has 0 bridgehead atoms. The SMILES string of the molecule is CC1(O)[N-]S(=O)(=O)c2ccccc21.[Na+]. The molecule has 0 aromatic heterocycles. The molecule has 1 heterocycles. The largest absolute Gasteiger partial charge is 1.00 e. The molecule has 0 spiro atoms. The van der Waals surface area contributed by atoms with E-state index in [9.17, 15) is 13.5 Å². The fourth-order valence-electron chi connectivity index (χ4n) is 1.42. The summed E-state index contributed by atoms with van der Waals surface area (Å²) in [4.78, 5) is 0.0972. The van der Waals surface area contributed by atoms with E-state index in [1.165, 1.54) is 13.0 Å². The van der Waals surface area contributed by atoms with E-state index < -0.39 is 15.7 Å². The van der Waals surface area contributed by atoms with Crippen molar-refractivity contribution in [2.75, 3.05) is 0 Å². The average molecular weight is 221 g/mol. The first kappa shape index (κ1) is 12.2. The molecule has 1 aromatic carbocycles. The first-order valence-electron chi connectivity index (χ1n) is 3.74. The van der Waals surface area contributed by atoms with E-state index in [1.54, 1.807) is 18.2 Å². The minimum Gasteiger partial charge on any atom is -0.513 e. The van der Waals surface area contributed by atoms with E-state index >= 15 is 0 Å². The van der Waals surface area contributed by atoms with Gasteiger partial charge in [0.05, 0.1) is 4.90 Å². The summed E-state index contributed by atoms with van der Waals surface area (Å²) in [6.45, 7) is 1.36. The number of fused-ring (bicyclic) bond motifs is 1. The van der Waals surface area contributed by atoms with Crippen LogP contribution in [0.2, 0.25) is 0 Å². The Hall–Kier alpha value is 0.0900. The van der Waals surface area contributed by atoms with Crippen LogP contribution in [0.25, 0.3) is 4.72 Å². The second-order valence-corrected chi connectivity index (χ2v) is 4.66. The molecule has 70 valence electrons. The first-order chi connectivity index (χ1) is 5.93. The molecule has 1 atom stereocenters. The predicted octanol–water partition coefficient (Wildman–Crippen LogP) is -2.07. The van der Waals surface area contributed by atoms with Gasteiger partial charge in [-0.15, -0.1) is 0 Å². The number of aliphatic hydroxyl groups is 1. The molecule has 0 aliphatic carbocycles. The molecule has 4 nitrogen and oxygen atoms in total. The van der Waals surface area contributed by atoms with Crippen molar-refractivity contribution >= 4 is 10.0 Å². The van der Waals surface area contributed by atoms with Crippen molar-refractivity contribution in [3.05, 3.63) is 34.6 Å². The molecule has 1 aliphatic rings. The molecule has 1 aliphatic heterocycles. The second-order valence-electron chi connectivity index (χ2n) is 3.08. The van der Waals surface area contributed by atoms with Gasteiger partial charge in [-0.2, -0.15) is 0 Å². The molecule has 0 fully saturated rings. The van der Waals surface area contributed by atoms with Crippen LogP contribution in [0.1, 0.15) is 12.5 Å². The zero-order valence-electron chi connectivity index (χ0n) is 7.93. The zero-order valence-corrected chi connectivity index (χ0v) is 10.7. The van der Waals surface area contributed by atoms with Crippen molar-refractivity contribution in [3.63, 3.8) is 0 Å². The molecule has 1 unspecified atom stereocenters. The molecule has 0 amide bonds. The van der Waals surface area contributed by atoms with E-state index in [-0.39, 0.29) is 34.5 Å². The van der Waals surface area contributed by atoms with Crippen LogP contribution in [-0.2, 0) is 15.7 Å². The molecular weight excluding hydrogens is 213 g/mol. The monoisotopic (exact) mass is 221 g/mol. The minimum absolute atomic E-state index is 0. The average Bonchev–Trinajstić information content (AvgIpc) is 2.20. The smallest absolute Gasteiger partial charge is 0.513 e. The van der Waals surface area contributed by atoms with Crippen LogP contribution in [0.3, 0.4) is 0 Å². The van der Waals surface area contributed by atoms with E-state index in [0.29, 0.717) is 5.56 Å². The molecule has 14 heavy (non-hydrogen) atoms. The molecule has 6 heteroatoms. The molecule has 0 radical (unpaired) electrons. The fourth-order valence-corrected chi connectivity index (χ4v) is 2.87. The third kappa shape index (κ3) is 1.76. The van der Waals surface area contributed by atoms with Crippen LogP contribution in [0.15, 0.2) is 29.2 Å². The molecular formula is C8H8NNaO3S. The number of nitrogens with zero attached hydrogens (tertiary/aromatic N) is 1. The van der Waals surface area contributed by atoms with Crippen molar-refractivity contribution < 1.29 is 43.1 Å². The van der Waals surface area contributed by atoms with Crippen LogP contribution in [0.5, 0.6) is 0 Å². The molecule has 1 aromatic rings. The van der Waals surface area contributed by atoms with Crippen molar-refractivity contribution in [3.8, 4) is 0 Å². The number of hydrogen-bond donors (Lipinski definition) is 1. The van der Waals surface area contributed by atoms with Gasteiger partial charge in [0.25, 0.3) is 0 Å². The summed E-state index contributed by atoms with van der Waals surface area (Å²) in [5, 5.41) is 9.64. The summed E-state index contributed by atoms with van der Waals surface area (Å²) in [5.74, 6) is 0. The van der Waals surface area contributed by atoms with Crippen molar-refractivity contribution in [2.24, 2.45) is 0 Å². The molecule has 2 rings (SSSR count). The summed E-state index contributed by atoms with van der Waals surface area (Å²) in [7, 11) is -3.64. The molecule has 0 saturated carbocycles. The summed E-state index contributed by atoms with van der Waals surface area (Å²) < 4.78 is 26.0. The molecule has 0 saturated heterocycles. The summed E-state index contributed by atoms with van der Waals surface area (Å²) >= 11 is 0. The van der Waals surface area contributed by atoms with Gasteiger partial charge in [-0.3, -0.25) is 0 Å². The minimum atomic E-state index is -3.64. The summed E-state index contributed by atoms with van der Waals surface area (Å²) in [5.41, 5.74) is -1.26. The summed E-state index contributed by atoms with van der Waals surface area (Å²) in [6, 6.07) is 6.27. The summed E-state index contributed by atoms with van der Waals surface area (Å²) in [6.07, 6.45) is 0. The van der Waals surface area contributed by atoms with Gasteiger partial charge in [0.15, 0.2) is 0 Å². The third-order valence-electron chi connectivity index (χ3n) is 1.97. The fraction of sp³-hybridized carbons (Fsp3) is 0.250. The van der Waals surface area contributed by atoms with E-state index in [0.717, 1.165) is 0 Å². The van der Waals surface area contributed by atoms with E-state index in [2.05, 4.69) is 4.72 Å². The first-order valence-corrected chi connectivity index (χ1v) is 5.18. The Kier molecular flexibility index (Phi) is 3.12. The van der Waals surface area contributed by atoms with Gasteiger partial charge in [0.2, 0.25) is 0 Å². The van der Waals surface area contributed by atoms with Gasteiger partial charge in [-0.25, -0.2) is 8.42 Å². The Morgan fingerprint density at radius 2 is 1.93 bits per heavy atom.